The Morgan fingerprint density at radius 2 is 2.09 bits per heavy atom. The standard InChI is InChI=1S/C7H5BrN2.Mg.2H/c8-7-9-5-3-1-2-4-6(5)10-7;;;/h1-4H,(H,9,10);;;/q;+2;2*-1. The van der Waals surface area contributed by atoms with E-state index >= 15 is 0 Å². The van der Waals surface area contributed by atoms with Gasteiger partial charge >= 0.3 is 23.1 Å². The Kier molecular flexibility index (Phi) is 2.92. The monoisotopic (exact) mass is 222 g/mol. The van der Waals surface area contributed by atoms with E-state index in [9.17, 15) is 0 Å². The van der Waals surface area contributed by atoms with Crippen molar-refractivity contribution in [3.05, 3.63) is 29.0 Å². The van der Waals surface area contributed by atoms with Crippen LogP contribution in [0.5, 0.6) is 0 Å². The minimum Gasteiger partial charge on any atom is -1.00 e. The molecule has 2 rings (SSSR count). The number of hydrogen-bond acceptors (Lipinski definition) is 1. The molecule has 0 aliphatic carbocycles. The maximum Gasteiger partial charge on any atom is 2.00 e. The molecule has 0 saturated heterocycles. The summed E-state index contributed by atoms with van der Waals surface area (Å²) in [6, 6.07) is 7.91. The van der Waals surface area contributed by atoms with Crippen LogP contribution in [0.15, 0.2) is 29.0 Å². The zero-order chi connectivity index (χ0) is 6.97. The number of H-pyrrole nitrogens is 1. The molecule has 1 aromatic heterocycles. The summed E-state index contributed by atoms with van der Waals surface area (Å²) in [7, 11) is 0. The molecule has 11 heavy (non-hydrogen) atoms. The number of benzene rings is 1. The maximum absolute atomic E-state index is 4.17. The van der Waals surface area contributed by atoms with Gasteiger partial charge in [-0.25, -0.2) is 4.98 Å². The molecular formula is C7H7BrMgN2. The normalized spacial score (nSPS) is 9.55. The number of fused-ring (bicyclic) bond motifs is 1. The van der Waals surface area contributed by atoms with Crippen LogP contribution in [0.4, 0.5) is 0 Å². The third-order valence-electron chi connectivity index (χ3n) is 1.36. The summed E-state index contributed by atoms with van der Waals surface area (Å²) in [5.41, 5.74) is 2.06. The molecule has 0 fully saturated rings. The number of para-hydroxylation sites is 2. The summed E-state index contributed by atoms with van der Waals surface area (Å²) < 4.78 is 0.786. The molecule has 0 unspecified atom stereocenters. The molecule has 0 atom stereocenters. The minimum atomic E-state index is 0. The Bertz CT molecular complexity index is 333. The molecule has 2 aromatic rings. The van der Waals surface area contributed by atoms with Gasteiger partial charge in [-0.15, -0.1) is 0 Å². The molecule has 2 nitrogen and oxygen atoms in total. The molecule has 0 radical (unpaired) electrons. The number of imidazole rings is 1. The van der Waals surface area contributed by atoms with Crippen molar-refractivity contribution in [1.29, 1.82) is 0 Å². The number of halogens is 1. The first-order chi connectivity index (χ1) is 4.86. The average Bonchev–Trinajstić information content (AvgIpc) is 2.27. The van der Waals surface area contributed by atoms with Gasteiger partial charge < -0.3 is 7.84 Å². The van der Waals surface area contributed by atoms with Crippen LogP contribution in [0, 0.1) is 0 Å². The fourth-order valence-corrected chi connectivity index (χ4v) is 1.33. The Morgan fingerprint density at radius 3 is 2.82 bits per heavy atom. The largest absolute Gasteiger partial charge is 2.00 e. The van der Waals surface area contributed by atoms with Crippen LogP contribution < -0.4 is 0 Å². The van der Waals surface area contributed by atoms with Gasteiger partial charge in [-0.1, -0.05) is 12.1 Å². The van der Waals surface area contributed by atoms with Crippen molar-refractivity contribution in [3.8, 4) is 0 Å². The van der Waals surface area contributed by atoms with E-state index in [-0.39, 0.29) is 25.9 Å². The van der Waals surface area contributed by atoms with Gasteiger partial charge in [0.1, 0.15) is 0 Å². The van der Waals surface area contributed by atoms with E-state index in [1.54, 1.807) is 0 Å². The van der Waals surface area contributed by atoms with E-state index in [1.165, 1.54) is 0 Å². The van der Waals surface area contributed by atoms with Crippen LogP contribution in [-0.2, 0) is 0 Å². The first-order valence-electron chi connectivity index (χ1n) is 2.96. The van der Waals surface area contributed by atoms with Gasteiger partial charge in [0.25, 0.3) is 0 Å². The van der Waals surface area contributed by atoms with Crippen LogP contribution in [0.3, 0.4) is 0 Å². The number of rotatable bonds is 0. The molecule has 0 aliphatic rings. The molecule has 54 valence electrons. The first kappa shape index (κ1) is 9.03. The number of aromatic nitrogens is 2. The Labute approximate surface area is 91.6 Å². The topological polar surface area (TPSA) is 28.7 Å². The number of nitrogens with zero attached hydrogens (tertiary/aromatic N) is 1. The van der Waals surface area contributed by atoms with Crippen molar-refractivity contribution >= 4 is 50.0 Å². The van der Waals surface area contributed by atoms with Gasteiger partial charge in [0.2, 0.25) is 0 Å². The van der Waals surface area contributed by atoms with Gasteiger partial charge in [-0.05, 0) is 28.1 Å². The van der Waals surface area contributed by atoms with Gasteiger partial charge in [0, 0.05) is 0 Å². The summed E-state index contributed by atoms with van der Waals surface area (Å²) >= 11 is 3.26. The second-order valence-corrected chi connectivity index (χ2v) is 2.80. The van der Waals surface area contributed by atoms with Gasteiger partial charge in [-0.3, -0.25) is 0 Å². The van der Waals surface area contributed by atoms with Gasteiger partial charge in [-0.2, -0.15) is 0 Å². The van der Waals surface area contributed by atoms with E-state index in [0.29, 0.717) is 0 Å². The smallest absolute Gasteiger partial charge is 1.00 e. The van der Waals surface area contributed by atoms with Crippen molar-refractivity contribution in [2.24, 2.45) is 0 Å². The molecule has 1 heterocycles. The zero-order valence-electron chi connectivity index (χ0n) is 7.84. The number of hydrogen-bond donors (Lipinski definition) is 1. The van der Waals surface area contributed by atoms with Crippen molar-refractivity contribution in [1.82, 2.24) is 9.97 Å². The fourth-order valence-electron chi connectivity index (χ4n) is 0.922. The van der Waals surface area contributed by atoms with Crippen molar-refractivity contribution < 1.29 is 2.85 Å². The average molecular weight is 223 g/mol. The first-order valence-corrected chi connectivity index (χ1v) is 3.76. The molecule has 0 bridgehead atoms. The molecule has 1 N–H and O–H groups in total. The zero-order valence-corrected chi connectivity index (χ0v) is 8.84. The van der Waals surface area contributed by atoms with Gasteiger partial charge in [0.05, 0.1) is 11.0 Å². The van der Waals surface area contributed by atoms with E-state index in [0.717, 1.165) is 15.8 Å². The fraction of sp³-hybridized carbons (Fsp3) is 0. The van der Waals surface area contributed by atoms with Gasteiger partial charge in [0.15, 0.2) is 4.73 Å². The minimum absolute atomic E-state index is 0. The second-order valence-electron chi connectivity index (χ2n) is 2.04. The van der Waals surface area contributed by atoms with E-state index in [4.69, 9.17) is 0 Å². The number of aromatic amines is 1. The molecule has 0 saturated carbocycles. The van der Waals surface area contributed by atoms with Crippen LogP contribution in [0.2, 0.25) is 0 Å². The summed E-state index contributed by atoms with van der Waals surface area (Å²) in [5.74, 6) is 0. The summed E-state index contributed by atoms with van der Waals surface area (Å²) in [5, 5.41) is 0. The summed E-state index contributed by atoms with van der Waals surface area (Å²) in [4.78, 5) is 7.24. The third-order valence-corrected chi connectivity index (χ3v) is 1.74. The molecular weight excluding hydrogens is 216 g/mol. The van der Waals surface area contributed by atoms with Crippen LogP contribution in [-0.4, -0.2) is 33.0 Å². The van der Waals surface area contributed by atoms with E-state index < -0.39 is 0 Å². The van der Waals surface area contributed by atoms with Crippen LogP contribution in [0.25, 0.3) is 11.0 Å². The maximum atomic E-state index is 4.17. The Balaban J connectivity index is 0. The van der Waals surface area contributed by atoms with Crippen LogP contribution in [0.1, 0.15) is 2.85 Å². The van der Waals surface area contributed by atoms with Crippen LogP contribution >= 0.6 is 15.9 Å². The second kappa shape index (κ2) is 3.56. The summed E-state index contributed by atoms with van der Waals surface area (Å²) in [6.45, 7) is 0. The predicted octanol–water partition coefficient (Wildman–Crippen LogP) is 2.17. The Hall–Kier alpha value is -0.0638. The van der Waals surface area contributed by atoms with E-state index in [2.05, 4.69) is 25.9 Å². The molecule has 0 amide bonds. The number of nitrogens with one attached hydrogen (secondary N) is 1. The Morgan fingerprint density at radius 1 is 1.36 bits per heavy atom. The predicted molar refractivity (Wildman–Crippen MR) is 51.8 cm³/mol. The van der Waals surface area contributed by atoms with E-state index in [1.807, 2.05) is 24.3 Å². The third kappa shape index (κ3) is 1.75. The molecule has 4 heteroatoms. The summed E-state index contributed by atoms with van der Waals surface area (Å²) in [6.07, 6.45) is 0. The quantitative estimate of drug-likeness (QED) is 0.681. The molecule has 1 aromatic carbocycles. The molecule has 0 aliphatic heterocycles. The van der Waals surface area contributed by atoms with Crippen molar-refractivity contribution in [2.45, 2.75) is 0 Å². The SMILES string of the molecule is Brc1nc2ccccc2[nH]1.[H-].[H-].[Mg+2]. The van der Waals surface area contributed by atoms with Crippen molar-refractivity contribution in [3.63, 3.8) is 0 Å². The van der Waals surface area contributed by atoms with Crippen molar-refractivity contribution in [2.75, 3.05) is 0 Å². The molecule has 0 spiro atoms.